The Bertz CT molecular complexity index is 228. The summed E-state index contributed by atoms with van der Waals surface area (Å²) in [6, 6.07) is 9.48. The molecule has 0 aliphatic heterocycles. The van der Waals surface area contributed by atoms with Gasteiger partial charge in [-0.05, 0) is 12.1 Å². The van der Waals surface area contributed by atoms with Crippen molar-refractivity contribution in [3.8, 4) is 12.3 Å². The Morgan fingerprint density at radius 1 is 1.38 bits per heavy atom. The van der Waals surface area contributed by atoms with Gasteiger partial charge in [0, 0.05) is 5.56 Å². The maximum Gasteiger partial charge on any atom is 0.124 e. The molecule has 0 atom stereocenters. The van der Waals surface area contributed by atoms with Crippen LogP contribution in [-0.4, -0.2) is 0 Å². The Hall–Kier alpha value is -1.22. The van der Waals surface area contributed by atoms with Crippen molar-refractivity contribution < 1.29 is 1.37 Å². The molecular formula is C8H6. The number of hydrogen-bond acceptors (Lipinski definition) is 0. The van der Waals surface area contributed by atoms with Crippen LogP contribution in [0.5, 0.6) is 0 Å². The molecule has 0 radical (unpaired) electrons. The van der Waals surface area contributed by atoms with E-state index in [2.05, 4.69) is 12.3 Å². The van der Waals surface area contributed by atoms with E-state index in [-0.39, 0.29) is 0 Å². The Labute approximate surface area is 50.6 Å². The zero-order valence-corrected chi connectivity index (χ0v) is 4.39. The standard InChI is InChI=1S/C8H6/c1-2-8-6-4-3-5-7-8/h1,3-7H/i1D. The summed E-state index contributed by atoms with van der Waals surface area (Å²) in [4.78, 5) is 0. The third-order valence-corrected chi connectivity index (χ3v) is 0.918. The highest BCUT2D eigenvalue weighted by atomic mass is 13.8. The normalized spacial score (nSPS) is 8.75. The minimum absolute atomic E-state index is 0.896. The number of terminal acetylenes is 1. The van der Waals surface area contributed by atoms with E-state index in [0.717, 1.165) is 5.56 Å². The van der Waals surface area contributed by atoms with Gasteiger partial charge in [0.15, 0.2) is 0 Å². The fourth-order valence-corrected chi connectivity index (χ4v) is 0.521. The Morgan fingerprint density at radius 2 is 2.12 bits per heavy atom. The Morgan fingerprint density at radius 3 is 2.75 bits per heavy atom. The molecule has 0 bridgehead atoms. The van der Waals surface area contributed by atoms with Crippen LogP contribution in [0, 0.1) is 12.3 Å². The van der Waals surface area contributed by atoms with Crippen molar-refractivity contribution in [2.45, 2.75) is 0 Å². The van der Waals surface area contributed by atoms with E-state index in [1.165, 1.54) is 0 Å². The van der Waals surface area contributed by atoms with Crippen molar-refractivity contribution in [2.75, 3.05) is 0 Å². The van der Waals surface area contributed by atoms with Crippen molar-refractivity contribution in [1.29, 1.82) is 0 Å². The predicted molar refractivity (Wildman–Crippen MR) is 34.4 cm³/mol. The van der Waals surface area contributed by atoms with E-state index < -0.39 is 0 Å². The van der Waals surface area contributed by atoms with E-state index in [1.54, 1.807) is 0 Å². The molecule has 0 heteroatoms. The Kier molecular flexibility index (Phi) is 1.02. The molecule has 1 aromatic carbocycles. The summed E-state index contributed by atoms with van der Waals surface area (Å²) in [7, 11) is 0. The van der Waals surface area contributed by atoms with E-state index in [1.807, 2.05) is 30.3 Å². The molecule has 0 saturated carbocycles. The number of rotatable bonds is 0. The number of hydrogen-bond donors (Lipinski definition) is 0. The van der Waals surface area contributed by atoms with Crippen molar-refractivity contribution in [3.63, 3.8) is 0 Å². The average Bonchev–Trinajstić information content (AvgIpc) is 1.91. The second-order valence-corrected chi connectivity index (χ2v) is 1.49. The van der Waals surface area contributed by atoms with Gasteiger partial charge in [0.1, 0.15) is 1.37 Å². The summed E-state index contributed by atoms with van der Waals surface area (Å²) >= 11 is 0. The highest BCUT2D eigenvalue weighted by Crippen LogP contribution is 1.92. The van der Waals surface area contributed by atoms with Crippen LogP contribution in [0.3, 0.4) is 0 Å². The molecule has 0 nitrogen and oxygen atoms in total. The van der Waals surface area contributed by atoms with E-state index in [4.69, 9.17) is 1.37 Å². The molecule has 1 rings (SSSR count). The van der Waals surface area contributed by atoms with Crippen LogP contribution >= 0.6 is 0 Å². The summed E-state index contributed by atoms with van der Waals surface area (Å²) in [6.45, 7) is 0. The third-order valence-electron chi connectivity index (χ3n) is 0.918. The molecule has 0 saturated heterocycles. The lowest BCUT2D eigenvalue weighted by Crippen LogP contribution is -1.66. The van der Waals surface area contributed by atoms with Crippen molar-refractivity contribution in [3.05, 3.63) is 35.9 Å². The van der Waals surface area contributed by atoms with Crippen LogP contribution in [0.1, 0.15) is 6.93 Å². The zero-order valence-electron chi connectivity index (χ0n) is 5.39. The summed E-state index contributed by atoms with van der Waals surface area (Å²) in [5, 5.41) is 0. The smallest absolute Gasteiger partial charge is 0.115 e. The summed E-state index contributed by atoms with van der Waals surface area (Å²) in [5.41, 5.74) is 0.896. The van der Waals surface area contributed by atoms with Gasteiger partial charge in [0.25, 0.3) is 0 Å². The minimum Gasteiger partial charge on any atom is -0.115 e. The van der Waals surface area contributed by atoms with Crippen molar-refractivity contribution in [1.82, 2.24) is 0 Å². The van der Waals surface area contributed by atoms with Crippen LogP contribution in [-0.2, 0) is 0 Å². The molecule has 0 aliphatic carbocycles. The molecule has 0 aromatic heterocycles. The molecule has 38 valence electrons. The third kappa shape index (κ3) is 0.886. The van der Waals surface area contributed by atoms with Crippen molar-refractivity contribution in [2.24, 2.45) is 0 Å². The van der Waals surface area contributed by atoms with Crippen LogP contribution in [0.15, 0.2) is 30.3 Å². The summed E-state index contributed by atoms with van der Waals surface area (Å²) < 4.78 is 6.58. The van der Waals surface area contributed by atoms with Gasteiger partial charge in [-0.3, -0.25) is 0 Å². The predicted octanol–water partition coefficient (Wildman–Crippen LogP) is 1.67. The van der Waals surface area contributed by atoms with Crippen LogP contribution in [0.2, 0.25) is 0 Å². The Balaban J connectivity index is 2.94. The minimum atomic E-state index is 0.896. The fraction of sp³-hybridized carbons (Fsp3) is 0. The molecule has 0 spiro atoms. The second kappa shape index (κ2) is 2.18. The van der Waals surface area contributed by atoms with Crippen molar-refractivity contribution >= 4 is 0 Å². The topological polar surface area (TPSA) is 0 Å². The number of benzene rings is 1. The van der Waals surface area contributed by atoms with E-state index in [0.29, 0.717) is 0 Å². The van der Waals surface area contributed by atoms with Gasteiger partial charge in [-0.2, -0.15) is 0 Å². The SMILES string of the molecule is [2H]C#Cc1ccccc1. The van der Waals surface area contributed by atoms with Gasteiger partial charge in [-0.25, -0.2) is 0 Å². The largest absolute Gasteiger partial charge is 0.124 e. The lowest BCUT2D eigenvalue weighted by atomic mass is 10.2. The molecule has 1 aromatic rings. The van der Waals surface area contributed by atoms with E-state index in [9.17, 15) is 0 Å². The van der Waals surface area contributed by atoms with Gasteiger partial charge in [-0.15, -0.1) is 6.40 Å². The van der Waals surface area contributed by atoms with E-state index >= 15 is 0 Å². The average molecular weight is 103 g/mol. The first-order chi connectivity index (χ1) is 4.43. The second-order valence-electron chi connectivity index (χ2n) is 1.49. The van der Waals surface area contributed by atoms with Gasteiger partial charge in [-0.1, -0.05) is 24.1 Å². The molecule has 0 N–H and O–H groups in total. The van der Waals surface area contributed by atoms with Gasteiger partial charge in [0.05, 0.1) is 0 Å². The fourth-order valence-electron chi connectivity index (χ4n) is 0.521. The first-order valence-electron chi connectivity index (χ1n) is 2.91. The lowest BCUT2D eigenvalue weighted by Gasteiger charge is -1.82. The van der Waals surface area contributed by atoms with Crippen LogP contribution in [0.4, 0.5) is 0 Å². The highest BCUT2D eigenvalue weighted by Gasteiger charge is 1.76. The molecule has 0 aliphatic rings. The first-order valence-corrected chi connectivity index (χ1v) is 2.41. The maximum absolute atomic E-state index is 6.58. The van der Waals surface area contributed by atoms with Gasteiger partial charge >= 0.3 is 0 Å². The van der Waals surface area contributed by atoms with Crippen LogP contribution < -0.4 is 0 Å². The highest BCUT2D eigenvalue weighted by molar-refractivity contribution is 5.30. The molecule has 0 fully saturated rings. The quantitative estimate of drug-likeness (QED) is 0.438. The van der Waals surface area contributed by atoms with Gasteiger partial charge in [0.2, 0.25) is 0 Å². The van der Waals surface area contributed by atoms with Gasteiger partial charge < -0.3 is 0 Å². The first kappa shape index (κ1) is 3.74. The maximum atomic E-state index is 6.58. The molecule has 0 unspecified atom stereocenters. The molecule has 0 amide bonds. The van der Waals surface area contributed by atoms with Crippen LogP contribution in [0.25, 0.3) is 0 Å². The molecular weight excluding hydrogens is 96.1 g/mol. The monoisotopic (exact) mass is 103 g/mol. The molecule has 8 heavy (non-hydrogen) atoms. The zero-order chi connectivity index (χ0) is 6.53. The molecule has 0 heterocycles. The summed E-state index contributed by atoms with van der Waals surface area (Å²) in [6.07, 6.45) is 2.08. The lowest BCUT2D eigenvalue weighted by molar-refractivity contribution is 1.65. The summed E-state index contributed by atoms with van der Waals surface area (Å²) in [5.74, 6) is 2.62.